The highest BCUT2D eigenvalue weighted by molar-refractivity contribution is 6.35. The molecule has 0 bridgehead atoms. The summed E-state index contributed by atoms with van der Waals surface area (Å²) in [5.74, 6) is -1.04. The lowest BCUT2D eigenvalue weighted by molar-refractivity contribution is -0.132. The van der Waals surface area contributed by atoms with E-state index >= 15 is 0 Å². The maximum atomic E-state index is 10.5. The van der Waals surface area contributed by atoms with Crippen molar-refractivity contribution in [3.63, 3.8) is 0 Å². The Morgan fingerprint density at radius 3 is 2.73 bits per heavy atom. The third kappa shape index (κ3) is 3.46. The summed E-state index contributed by atoms with van der Waals surface area (Å²) in [5.41, 5.74) is 0.651. The van der Waals surface area contributed by atoms with Crippen LogP contribution < -0.4 is 5.32 Å². The Bertz CT molecular complexity index is 404. The van der Waals surface area contributed by atoms with E-state index in [1.807, 2.05) is 0 Å². The van der Waals surface area contributed by atoms with Gasteiger partial charge in [0.15, 0.2) is 0 Å². The van der Waals surface area contributed by atoms with Gasteiger partial charge in [0.25, 0.3) is 0 Å². The highest BCUT2D eigenvalue weighted by atomic mass is 35.5. The number of halogens is 2. The number of hydrogen-bond acceptors (Lipinski definition) is 2. The fourth-order valence-electron chi connectivity index (χ4n) is 0.910. The summed E-state index contributed by atoms with van der Waals surface area (Å²) in [6.45, 7) is 3.50. The second kappa shape index (κ2) is 5.05. The molecule has 0 aliphatic carbocycles. The number of nitrogens with one attached hydrogen (secondary N) is 1. The molecular formula is C10H9Cl2NO2. The zero-order chi connectivity index (χ0) is 11.4. The second-order valence-corrected chi connectivity index (χ2v) is 3.73. The Kier molecular flexibility index (Phi) is 4.00. The van der Waals surface area contributed by atoms with Crippen LogP contribution in [0.5, 0.6) is 0 Å². The van der Waals surface area contributed by atoms with Gasteiger partial charge in [0.05, 0.1) is 10.7 Å². The van der Waals surface area contributed by atoms with Crippen LogP contribution in [0.3, 0.4) is 0 Å². The molecule has 1 rings (SSSR count). The summed E-state index contributed by atoms with van der Waals surface area (Å²) < 4.78 is 0. The normalized spacial score (nSPS) is 9.73. The van der Waals surface area contributed by atoms with Gasteiger partial charge < -0.3 is 10.4 Å². The van der Waals surface area contributed by atoms with Crippen LogP contribution in [0.1, 0.15) is 0 Å². The minimum atomic E-state index is -1.04. The van der Waals surface area contributed by atoms with E-state index in [9.17, 15) is 4.79 Å². The molecule has 80 valence electrons. The Balaban J connectivity index is 2.69. The molecule has 0 aromatic heterocycles. The van der Waals surface area contributed by atoms with E-state index in [1.165, 1.54) is 0 Å². The number of aliphatic carboxylic acids is 1. The van der Waals surface area contributed by atoms with Crippen molar-refractivity contribution in [2.24, 2.45) is 0 Å². The van der Waals surface area contributed by atoms with E-state index in [0.717, 1.165) is 0 Å². The minimum Gasteiger partial charge on any atom is -0.478 e. The number of carboxylic acid groups (broad SMARTS) is 1. The van der Waals surface area contributed by atoms with Crippen LogP contribution in [0.4, 0.5) is 5.69 Å². The molecule has 15 heavy (non-hydrogen) atoms. The molecule has 0 spiro atoms. The third-order valence-corrected chi connectivity index (χ3v) is 2.29. The molecule has 0 saturated carbocycles. The molecule has 0 amide bonds. The van der Waals surface area contributed by atoms with Crippen molar-refractivity contribution in [3.05, 3.63) is 40.4 Å². The first-order valence-corrected chi connectivity index (χ1v) is 4.86. The van der Waals surface area contributed by atoms with Crippen LogP contribution in [0.15, 0.2) is 30.4 Å². The first kappa shape index (κ1) is 11.9. The predicted octanol–water partition coefficient (Wildman–Crippen LogP) is 3.05. The highest BCUT2D eigenvalue weighted by Crippen LogP contribution is 2.25. The monoisotopic (exact) mass is 245 g/mol. The molecule has 1 aromatic carbocycles. The first-order valence-electron chi connectivity index (χ1n) is 4.10. The van der Waals surface area contributed by atoms with Crippen LogP contribution >= 0.6 is 23.2 Å². The minimum absolute atomic E-state index is 0.0612. The Hall–Kier alpha value is -1.19. The molecule has 3 nitrogen and oxygen atoms in total. The Labute approximate surface area is 97.3 Å². The molecule has 2 N–H and O–H groups in total. The van der Waals surface area contributed by atoms with Gasteiger partial charge in [-0.1, -0.05) is 29.8 Å². The molecular weight excluding hydrogens is 237 g/mol. The summed E-state index contributed by atoms with van der Waals surface area (Å²) in [4.78, 5) is 10.5. The predicted molar refractivity (Wildman–Crippen MR) is 61.7 cm³/mol. The van der Waals surface area contributed by atoms with E-state index < -0.39 is 5.97 Å². The summed E-state index contributed by atoms with van der Waals surface area (Å²) in [6, 6.07) is 4.91. The molecule has 1 aromatic rings. The van der Waals surface area contributed by atoms with Gasteiger partial charge in [-0.25, -0.2) is 4.79 Å². The van der Waals surface area contributed by atoms with Crippen molar-refractivity contribution in [2.75, 3.05) is 11.9 Å². The number of carbonyl (C=O) groups is 1. The molecule has 0 unspecified atom stereocenters. The highest BCUT2D eigenvalue weighted by Gasteiger charge is 2.05. The maximum absolute atomic E-state index is 10.5. The lowest BCUT2D eigenvalue weighted by Gasteiger charge is -2.08. The van der Waals surface area contributed by atoms with Crippen molar-refractivity contribution in [2.45, 2.75) is 0 Å². The van der Waals surface area contributed by atoms with Crippen molar-refractivity contribution in [1.29, 1.82) is 0 Å². The fraction of sp³-hybridized carbons (Fsp3) is 0.100. The number of anilines is 1. The van der Waals surface area contributed by atoms with Gasteiger partial charge in [-0.2, -0.15) is 0 Å². The summed E-state index contributed by atoms with van der Waals surface area (Å²) in [6.07, 6.45) is 0. The van der Waals surface area contributed by atoms with Crippen LogP contribution in [-0.4, -0.2) is 17.6 Å². The third-order valence-electron chi connectivity index (χ3n) is 1.72. The number of benzene rings is 1. The molecule has 0 atom stereocenters. The SMILES string of the molecule is C=C(CNc1cc(Cl)ccc1Cl)C(=O)O. The zero-order valence-electron chi connectivity index (χ0n) is 7.76. The van der Waals surface area contributed by atoms with Crippen molar-refractivity contribution in [3.8, 4) is 0 Å². The van der Waals surface area contributed by atoms with Gasteiger partial charge in [-0.15, -0.1) is 0 Å². The van der Waals surface area contributed by atoms with Gasteiger partial charge in [-0.05, 0) is 18.2 Å². The molecule has 0 heterocycles. The largest absolute Gasteiger partial charge is 0.478 e. The van der Waals surface area contributed by atoms with Gasteiger partial charge in [0.1, 0.15) is 0 Å². The lowest BCUT2D eigenvalue weighted by Crippen LogP contribution is -2.11. The van der Waals surface area contributed by atoms with Gasteiger partial charge in [0.2, 0.25) is 0 Å². The quantitative estimate of drug-likeness (QED) is 0.802. The smallest absolute Gasteiger partial charge is 0.332 e. The van der Waals surface area contributed by atoms with Crippen LogP contribution in [-0.2, 0) is 4.79 Å². The Morgan fingerprint density at radius 1 is 1.47 bits per heavy atom. The molecule has 0 aliphatic rings. The molecule has 5 heteroatoms. The van der Waals surface area contributed by atoms with E-state index in [0.29, 0.717) is 15.7 Å². The van der Waals surface area contributed by atoms with Gasteiger partial charge in [0, 0.05) is 17.1 Å². The average Bonchev–Trinajstić information content (AvgIpc) is 2.18. The second-order valence-electron chi connectivity index (χ2n) is 2.89. The van der Waals surface area contributed by atoms with E-state index in [1.54, 1.807) is 18.2 Å². The molecule has 0 aliphatic heterocycles. The number of carboxylic acids is 1. The van der Waals surface area contributed by atoms with E-state index in [2.05, 4.69) is 11.9 Å². The number of hydrogen-bond donors (Lipinski definition) is 2. The van der Waals surface area contributed by atoms with Gasteiger partial charge >= 0.3 is 5.97 Å². The summed E-state index contributed by atoms with van der Waals surface area (Å²) in [7, 11) is 0. The molecule has 0 saturated heterocycles. The standard InChI is InChI=1S/C10H9Cl2NO2/c1-6(10(14)15)5-13-9-4-7(11)2-3-8(9)12/h2-4,13H,1,5H2,(H,14,15). The number of rotatable bonds is 4. The summed E-state index contributed by atoms with van der Waals surface area (Å²) in [5, 5.41) is 12.4. The summed E-state index contributed by atoms with van der Waals surface area (Å²) >= 11 is 11.6. The molecule has 0 fully saturated rings. The van der Waals surface area contributed by atoms with Crippen LogP contribution in [0.25, 0.3) is 0 Å². The molecule has 0 radical (unpaired) electrons. The van der Waals surface area contributed by atoms with Crippen LogP contribution in [0, 0.1) is 0 Å². The zero-order valence-corrected chi connectivity index (χ0v) is 9.27. The van der Waals surface area contributed by atoms with Crippen molar-refractivity contribution in [1.82, 2.24) is 0 Å². The van der Waals surface area contributed by atoms with Crippen LogP contribution in [0.2, 0.25) is 10.0 Å². The average molecular weight is 246 g/mol. The van der Waals surface area contributed by atoms with E-state index in [4.69, 9.17) is 28.3 Å². The Morgan fingerprint density at radius 2 is 2.13 bits per heavy atom. The maximum Gasteiger partial charge on any atom is 0.332 e. The van der Waals surface area contributed by atoms with Crippen molar-refractivity contribution >= 4 is 34.9 Å². The fourth-order valence-corrected chi connectivity index (χ4v) is 1.27. The van der Waals surface area contributed by atoms with E-state index in [-0.39, 0.29) is 12.1 Å². The lowest BCUT2D eigenvalue weighted by atomic mass is 10.2. The topological polar surface area (TPSA) is 49.3 Å². The van der Waals surface area contributed by atoms with Crippen molar-refractivity contribution < 1.29 is 9.90 Å². The van der Waals surface area contributed by atoms with Gasteiger partial charge in [-0.3, -0.25) is 0 Å². The first-order chi connectivity index (χ1) is 7.00.